The molecule has 1 fully saturated rings. The lowest BCUT2D eigenvalue weighted by atomic mass is 10.1. The number of nitrogens with zero attached hydrogens (tertiary/aromatic N) is 4. The minimum atomic E-state index is -2.69. The number of amides is 1. The maximum atomic E-state index is 13.6. The van der Waals surface area contributed by atoms with E-state index in [-0.39, 0.29) is 22.9 Å². The molecule has 3 atom stereocenters. The number of hydrogen-bond donors (Lipinski definition) is 4. The number of rotatable bonds is 5. The molecule has 0 radical (unpaired) electrons. The zero-order chi connectivity index (χ0) is 20.5. The van der Waals surface area contributed by atoms with Crippen LogP contribution in [0.15, 0.2) is 30.4 Å². The van der Waals surface area contributed by atoms with E-state index in [1.54, 1.807) is 19.3 Å². The largest absolute Gasteiger partial charge is 0.366 e. The van der Waals surface area contributed by atoms with Crippen LogP contribution in [-0.4, -0.2) is 70.3 Å². The van der Waals surface area contributed by atoms with E-state index in [1.807, 2.05) is 0 Å². The van der Waals surface area contributed by atoms with E-state index >= 15 is 0 Å². The van der Waals surface area contributed by atoms with Crippen LogP contribution >= 0.6 is 0 Å². The number of fused-ring (bicyclic) bond motifs is 1. The average molecular weight is 410 g/mol. The number of halogens is 3. The second kappa shape index (κ2) is 7.87. The molecular weight excluding hydrogens is 389 g/mol. The number of piperidine rings is 1. The smallest absolute Gasteiger partial charge is 0.261 e. The topological polar surface area (TPSA) is 98.6 Å². The number of hydrazine groups is 1. The van der Waals surface area contributed by atoms with Gasteiger partial charge in [0.1, 0.15) is 23.6 Å². The molecular formula is C17H21F3N8O. The van der Waals surface area contributed by atoms with Crippen LogP contribution in [0.2, 0.25) is 0 Å². The molecule has 0 bridgehead atoms. The summed E-state index contributed by atoms with van der Waals surface area (Å²) in [6, 6.07) is 0.240. The van der Waals surface area contributed by atoms with Gasteiger partial charge in [-0.1, -0.05) is 0 Å². The number of nitrogens with one attached hydrogen (secondary N) is 4. The second-order valence-corrected chi connectivity index (χ2v) is 7.06. The molecule has 12 heteroatoms. The summed E-state index contributed by atoms with van der Waals surface area (Å²) in [6.07, 6.45) is 1.07. The highest BCUT2D eigenvalue weighted by atomic mass is 19.3. The van der Waals surface area contributed by atoms with Crippen molar-refractivity contribution in [1.29, 1.82) is 0 Å². The minimum Gasteiger partial charge on any atom is -0.366 e. The maximum absolute atomic E-state index is 13.6. The fraction of sp³-hybridized carbons (Fsp3) is 0.471. The molecule has 1 amide bonds. The number of carbonyl (C=O) groups is 1. The first-order valence-corrected chi connectivity index (χ1v) is 9.16. The third-order valence-corrected chi connectivity index (χ3v) is 4.78. The summed E-state index contributed by atoms with van der Waals surface area (Å²) in [5, 5.41) is 14.1. The van der Waals surface area contributed by atoms with Crippen molar-refractivity contribution < 1.29 is 18.0 Å². The summed E-state index contributed by atoms with van der Waals surface area (Å²) in [6.45, 7) is 0.931. The van der Waals surface area contributed by atoms with Gasteiger partial charge in [0.25, 0.3) is 12.3 Å². The monoisotopic (exact) mass is 410 g/mol. The van der Waals surface area contributed by atoms with Gasteiger partial charge in [0.05, 0.1) is 11.9 Å². The van der Waals surface area contributed by atoms with Gasteiger partial charge < -0.3 is 21.0 Å². The predicted molar refractivity (Wildman–Crippen MR) is 99.0 cm³/mol. The van der Waals surface area contributed by atoms with Crippen molar-refractivity contribution in [2.45, 2.75) is 31.1 Å². The molecule has 9 nitrogen and oxygen atoms in total. The molecule has 0 saturated carbocycles. The van der Waals surface area contributed by atoms with E-state index in [9.17, 15) is 18.0 Å². The Morgan fingerprint density at radius 1 is 1.38 bits per heavy atom. The van der Waals surface area contributed by atoms with Crippen LogP contribution in [0.4, 0.5) is 19.0 Å². The van der Waals surface area contributed by atoms with Crippen LogP contribution in [-0.2, 0) is 0 Å². The van der Waals surface area contributed by atoms with Crippen molar-refractivity contribution in [3.8, 4) is 0 Å². The molecule has 4 N–H and O–H groups in total. The first-order valence-electron chi connectivity index (χ1n) is 9.16. The fourth-order valence-corrected chi connectivity index (χ4v) is 3.43. The minimum absolute atomic E-state index is 0.0587. The Morgan fingerprint density at radius 3 is 2.97 bits per heavy atom. The van der Waals surface area contributed by atoms with E-state index in [0.717, 1.165) is 0 Å². The lowest BCUT2D eigenvalue weighted by Gasteiger charge is -2.26. The van der Waals surface area contributed by atoms with Crippen LogP contribution in [0.3, 0.4) is 0 Å². The van der Waals surface area contributed by atoms with Crippen molar-refractivity contribution >= 4 is 17.4 Å². The molecule has 0 aliphatic carbocycles. The molecule has 1 unspecified atom stereocenters. The Labute approximate surface area is 164 Å². The van der Waals surface area contributed by atoms with E-state index in [4.69, 9.17) is 0 Å². The number of carbonyl (C=O) groups excluding carboxylic acids is 1. The quantitative estimate of drug-likeness (QED) is 0.570. The van der Waals surface area contributed by atoms with Gasteiger partial charge in [0.2, 0.25) is 0 Å². The summed E-state index contributed by atoms with van der Waals surface area (Å²) in [4.78, 5) is 17.1. The number of aromatic nitrogens is 3. The normalized spacial score (nSPS) is 24.8. The lowest BCUT2D eigenvalue weighted by molar-refractivity contribution is 0.0882. The zero-order valence-electron chi connectivity index (χ0n) is 15.6. The summed E-state index contributed by atoms with van der Waals surface area (Å²) in [5.41, 5.74) is 3.01. The molecule has 2 aliphatic heterocycles. The van der Waals surface area contributed by atoms with Crippen LogP contribution in [0, 0.1) is 0 Å². The van der Waals surface area contributed by atoms with Crippen LogP contribution < -0.4 is 21.4 Å². The highest BCUT2D eigenvalue weighted by Gasteiger charge is 2.32. The molecule has 2 aromatic rings. The Hall–Kier alpha value is -2.86. The molecule has 4 heterocycles. The van der Waals surface area contributed by atoms with Crippen molar-refractivity contribution in [3.05, 3.63) is 35.9 Å². The van der Waals surface area contributed by atoms with Gasteiger partial charge in [-0.25, -0.2) is 28.1 Å². The van der Waals surface area contributed by atoms with Crippen LogP contribution in [0.25, 0.3) is 5.65 Å². The van der Waals surface area contributed by atoms with Gasteiger partial charge in [0, 0.05) is 45.0 Å². The van der Waals surface area contributed by atoms with Crippen molar-refractivity contribution in [2.24, 2.45) is 0 Å². The predicted octanol–water partition coefficient (Wildman–Crippen LogP) is 0.496. The number of alkyl halides is 3. The fourth-order valence-electron chi connectivity index (χ4n) is 3.43. The number of anilines is 1. The Morgan fingerprint density at radius 2 is 2.21 bits per heavy atom. The molecule has 1 saturated heterocycles. The van der Waals surface area contributed by atoms with E-state index in [2.05, 4.69) is 31.5 Å². The Kier molecular flexibility index (Phi) is 5.28. The molecule has 2 aromatic heterocycles. The van der Waals surface area contributed by atoms with Crippen molar-refractivity contribution in [1.82, 2.24) is 35.7 Å². The molecule has 2 aliphatic rings. The Bertz CT molecular complexity index is 933. The van der Waals surface area contributed by atoms with Gasteiger partial charge in [0.15, 0.2) is 5.65 Å². The summed E-state index contributed by atoms with van der Waals surface area (Å²) >= 11 is 0. The van der Waals surface area contributed by atoms with Gasteiger partial charge in [-0.15, -0.1) is 0 Å². The molecule has 29 heavy (non-hydrogen) atoms. The highest BCUT2D eigenvalue weighted by Crippen LogP contribution is 2.18. The van der Waals surface area contributed by atoms with Gasteiger partial charge >= 0.3 is 0 Å². The van der Waals surface area contributed by atoms with Crippen LogP contribution in [0.1, 0.15) is 16.8 Å². The maximum Gasteiger partial charge on any atom is 0.261 e. The summed E-state index contributed by atoms with van der Waals surface area (Å²) in [5.74, 6) is -0.123. The third-order valence-electron chi connectivity index (χ3n) is 4.78. The standard InChI is InChI=1S/C17H21F3N8O/c1-27-8-12(14(26-27)15(19)20)24-17(29)11-7-22-28-3-2-13(25-16(11)28)23-10-4-9(18)5-21-6-10/h2-3,7-10,14-15,21,26H,4-6H2,1H3,(H,23,25)(H,24,29)/t9-,10+,14?/m1/s1. The van der Waals surface area contributed by atoms with Gasteiger partial charge in [-0.3, -0.25) is 4.79 Å². The van der Waals surface area contributed by atoms with Gasteiger partial charge in [-0.05, 0) is 6.07 Å². The second-order valence-electron chi connectivity index (χ2n) is 7.06. The number of hydrogen-bond acceptors (Lipinski definition) is 7. The highest BCUT2D eigenvalue weighted by molar-refractivity contribution is 6.00. The SMILES string of the molecule is CN1C=C(NC(=O)c2cnn3ccc(N[C@@H]4CNC[C@H](F)C4)nc23)C(C(F)F)N1. The third kappa shape index (κ3) is 4.12. The van der Waals surface area contributed by atoms with E-state index < -0.39 is 24.5 Å². The van der Waals surface area contributed by atoms with Crippen molar-refractivity contribution in [2.75, 3.05) is 25.5 Å². The molecule has 4 rings (SSSR count). The zero-order valence-corrected chi connectivity index (χ0v) is 15.6. The summed E-state index contributed by atoms with van der Waals surface area (Å²) in [7, 11) is 1.56. The van der Waals surface area contributed by atoms with Crippen molar-refractivity contribution in [3.63, 3.8) is 0 Å². The lowest BCUT2D eigenvalue weighted by Crippen LogP contribution is -2.44. The van der Waals surface area contributed by atoms with Crippen LogP contribution in [0.5, 0.6) is 0 Å². The molecule has 0 aromatic carbocycles. The first-order chi connectivity index (χ1) is 13.9. The van der Waals surface area contributed by atoms with Gasteiger partial charge in [-0.2, -0.15) is 5.10 Å². The summed E-state index contributed by atoms with van der Waals surface area (Å²) < 4.78 is 41.3. The Balaban J connectivity index is 1.53. The average Bonchev–Trinajstić information content (AvgIpc) is 3.24. The first kappa shape index (κ1) is 19.5. The van der Waals surface area contributed by atoms with E-state index in [1.165, 1.54) is 21.9 Å². The molecule has 156 valence electrons. The molecule has 0 spiro atoms. The van der Waals surface area contributed by atoms with E-state index in [0.29, 0.717) is 25.3 Å².